The highest BCUT2D eigenvalue weighted by molar-refractivity contribution is 5.97. The number of hydrogen-bond donors (Lipinski definition) is 0. The highest BCUT2D eigenvalue weighted by Gasteiger charge is 2.24. The van der Waals surface area contributed by atoms with Crippen molar-refractivity contribution >= 4 is 17.9 Å². The van der Waals surface area contributed by atoms with Gasteiger partial charge in [0.2, 0.25) is 0 Å². The van der Waals surface area contributed by atoms with E-state index in [-0.39, 0.29) is 5.91 Å². The predicted molar refractivity (Wildman–Crippen MR) is 49.9 cm³/mol. The van der Waals surface area contributed by atoms with Crippen molar-refractivity contribution in [1.82, 2.24) is 0 Å². The highest BCUT2D eigenvalue weighted by atomic mass is 16.7. The van der Waals surface area contributed by atoms with E-state index in [1.54, 1.807) is 24.3 Å². The fourth-order valence-electron chi connectivity index (χ4n) is 1.37. The fraction of sp³-hybridized carbons (Fsp3) is 0.200. The molecule has 72 valence electrons. The summed E-state index contributed by atoms with van der Waals surface area (Å²) in [5, 5.41) is 1.18. The van der Waals surface area contributed by atoms with Crippen LogP contribution in [0.3, 0.4) is 0 Å². The monoisotopic (exact) mass is 191 g/mol. The maximum Gasteiger partial charge on any atom is 0.253 e. The molecule has 2 rings (SSSR count). The van der Waals surface area contributed by atoms with E-state index in [0.717, 1.165) is 0 Å². The van der Waals surface area contributed by atoms with Gasteiger partial charge in [-0.25, -0.2) is 0 Å². The standard InChI is InChI=1S/C10H9NO3/c12-7-8-3-1-2-4-9(8)11-10(13)5-6-14-11/h1-4,7H,5-6H2. The molecule has 1 fully saturated rings. The van der Waals surface area contributed by atoms with Gasteiger partial charge in [0.1, 0.15) is 0 Å². The van der Waals surface area contributed by atoms with Crippen LogP contribution >= 0.6 is 0 Å². The Bertz CT molecular complexity index is 375. The minimum Gasteiger partial charge on any atom is -0.298 e. The van der Waals surface area contributed by atoms with Gasteiger partial charge in [-0.2, -0.15) is 5.06 Å². The lowest BCUT2D eigenvalue weighted by Crippen LogP contribution is -2.23. The Hall–Kier alpha value is -1.68. The van der Waals surface area contributed by atoms with E-state index in [2.05, 4.69) is 0 Å². The van der Waals surface area contributed by atoms with Gasteiger partial charge in [0.05, 0.1) is 18.7 Å². The van der Waals surface area contributed by atoms with Crippen LogP contribution in [0.5, 0.6) is 0 Å². The van der Waals surface area contributed by atoms with Crippen molar-refractivity contribution in [2.24, 2.45) is 0 Å². The molecule has 4 heteroatoms. The second-order valence-corrected chi connectivity index (χ2v) is 2.95. The van der Waals surface area contributed by atoms with Crippen molar-refractivity contribution in [2.45, 2.75) is 6.42 Å². The molecule has 4 nitrogen and oxygen atoms in total. The summed E-state index contributed by atoms with van der Waals surface area (Å²) in [4.78, 5) is 27.1. The molecule has 0 saturated carbocycles. The molecule has 1 amide bonds. The number of aldehydes is 1. The number of anilines is 1. The summed E-state index contributed by atoms with van der Waals surface area (Å²) in [7, 11) is 0. The van der Waals surface area contributed by atoms with E-state index >= 15 is 0 Å². The fourth-order valence-corrected chi connectivity index (χ4v) is 1.37. The Morgan fingerprint density at radius 1 is 1.36 bits per heavy atom. The van der Waals surface area contributed by atoms with Crippen molar-refractivity contribution in [2.75, 3.05) is 11.7 Å². The molecule has 1 aromatic rings. The molecule has 0 atom stereocenters. The van der Waals surface area contributed by atoms with Gasteiger partial charge in [0, 0.05) is 5.56 Å². The third-order valence-corrected chi connectivity index (χ3v) is 2.05. The third kappa shape index (κ3) is 1.40. The van der Waals surface area contributed by atoms with Gasteiger partial charge in [-0.15, -0.1) is 0 Å². The lowest BCUT2D eigenvalue weighted by Gasteiger charge is -2.15. The molecule has 0 aromatic heterocycles. The first-order chi connectivity index (χ1) is 6.83. The SMILES string of the molecule is O=Cc1ccccc1N1OCCC1=O. The number of benzene rings is 1. The average Bonchev–Trinajstić information content (AvgIpc) is 2.64. The number of amides is 1. The summed E-state index contributed by atoms with van der Waals surface area (Å²) < 4.78 is 0. The van der Waals surface area contributed by atoms with E-state index in [1.165, 1.54) is 5.06 Å². The van der Waals surface area contributed by atoms with Gasteiger partial charge in [-0.05, 0) is 12.1 Å². The number of carbonyl (C=O) groups excluding carboxylic acids is 2. The van der Waals surface area contributed by atoms with Gasteiger partial charge in [-0.1, -0.05) is 12.1 Å². The second kappa shape index (κ2) is 3.59. The van der Waals surface area contributed by atoms with E-state index in [0.29, 0.717) is 30.6 Å². The number of para-hydroxylation sites is 1. The first-order valence-electron chi connectivity index (χ1n) is 4.33. The molecule has 0 N–H and O–H groups in total. The summed E-state index contributed by atoms with van der Waals surface area (Å²) >= 11 is 0. The quantitative estimate of drug-likeness (QED) is 0.659. The molecule has 0 unspecified atom stereocenters. The molecule has 0 aliphatic carbocycles. The Kier molecular flexibility index (Phi) is 2.28. The normalized spacial score (nSPS) is 16.0. The minimum absolute atomic E-state index is 0.112. The zero-order valence-electron chi connectivity index (χ0n) is 7.47. The Balaban J connectivity index is 2.39. The molecular formula is C10H9NO3. The molecular weight excluding hydrogens is 182 g/mol. The predicted octanol–water partition coefficient (Wildman–Crippen LogP) is 1.17. The van der Waals surface area contributed by atoms with Crippen molar-refractivity contribution in [3.8, 4) is 0 Å². The second-order valence-electron chi connectivity index (χ2n) is 2.95. The Labute approximate surface area is 81.0 Å². The van der Waals surface area contributed by atoms with E-state index < -0.39 is 0 Å². The maximum atomic E-state index is 11.3. The molecule has 0 radical (unpaired) electrons. The minimum atomic E-state index is -0.112. The van der Waals surface area contributed by atoms with Crippen LogP contribution in [0.4, 0.5) is 5.69 Å². The lowest BCUT2D eigenvalue weighted by molar-refractivity contribution is -0.119. The molecule has 1 heterocycles. The molecule has 1 aromatic carbocycles. The number of carbonyl (C=O) groups is 2. The van der Waals surface area contributed by atoms with Crippen molar-refractivity contribution in [3.05, 3.63) is 29.8 Å². The van der Waals surface area contributed by atoms with Gasteiger partial charge in [0.15, 0.2) is 6.29 Å². The van der Waals surface area contributed by atoms with E-state index in [4.69, 9.17) is 4.84 Å². The summed E-state index contributed by atoms with van der Waals surface area (Å²) in [6, 6.07) is 6.84. The summed E-state index contributed by atoms with van der Waals surface area (Å²) in [5.74, 6) is -0.112. The topological polar surface area (TPSA) is 46.6 Å². The zero-order valence-corrected chi connectivity index (χ0v) is 7.47. The van der Waals surface area contributed by atoms with Gasteiger partial charge < -0.3 is 0 Å². The highest BCUT2D eigenvalue weighted by Crippen LogP contribution is 2.22. The maximum absolute atomic E-state index is 11.3. The van der Waals surface area contributed by atoms with Gasteiger partial charge in [-0.3, -0.25) is 14.4 Å². The number of hydroxylamine groups is 1. The number of hydrogen-bond acceptors (Lipinski definition) is 3. The van der Waals surface area contributed by atoms with Crippen LogP contribution in [0.25, 0.3) is 0 Å². The number of nitrogens with zero attached hydrogens (tertiary/aromatic N) is 1. The molecule has 1 saturated heterocycles. The smallest absolute Gasteiger partial charge is 0.253 e. The van der Waals surface area contributed by atoms with E-state index in [1.807, 2.05) is 0 Å². The van der Waals surface area contributed by atoms with Crippen LogP contribution in [0.2, 0.25) is 0 Å². The molecule has 14 heavy (non-hydrogen) atoms. The van der Waals surface area contributed by atoms with E-state index in [9.17, 15) is 9.59 Å². The summed E-state index contributed by atoms with van der Waals surface area (Å²) in [6.45, 7) is 0.381. The van der Waals surface area contributed by atoms with Crippen LogP contribution < -0.4 is 5.06 Å². The van der Waals surface area contributed by atoms with Crippen LogP contribution in [-0.4, -0.2) is 18.8 Å². The molecule has 1 aliphatic heterocycles. The van der Waals surface area contributed by atoms with Crippen LogP contribution in [0, 0.1) is 0 Å². The Morgan fingerprint density at radius 2 is 2.14 bits per heavy atom. The lowest BCUT2D eigenvalue weighted by atomic mass is 10.2. The third-order valence-electron chi connectivity index (χ3n) is 2.05. The van der Waals surface area contributed by atoms with Crippen molar-refractivity contribution in [3.63, 3.8) is 0 Å². The molecule has 0 bridgehead atoms. The van der Waals surface area contributed by atoms with Gasteiger partial charge in [0.25, 0.3) is 5.91 Å². The van der Waals surface area contributed by atoms with Crippen LogP contribution in [0.15, 0.2) is 24.3 Å². The molecule has 0 spiro atoms. The van der Waals surface area contributed by atoms with Crippen molar-refractivity contribution < 1.29 is 14.4 Å². The van der Waals surface area contributed by atoms with Crippen molar-refractivity contribution in [1.29, 1.82) is 0 Å². The zero-order chi connectivity index (χ0) is 9.97. The largest absolute Gasteiger partial charge is 0.298 e. The Morgan fingerprint density at radius 3 is 2.79 bits per heavy atom. The molecule has 1 aliphatic rings. The number of rotatable bonds is 2. The first kappa shape index (κ1) is 8.90. The first-order valence-corrected chi connectivity index (χ1v) is 4.33. The van der Waals surface area contributed by atoms with Gasteiger partial charge >= 0.3 is 0 Å². The summed E-state index contributed by atoms with van der Waals surface area (Å²) in [5.41, 5.74) is 0.979. The van der Waals surface area contributed by atoms with Crippen LogP contribution in [0.1, 0.15) is 16.8 Å². The summed E-state index contributed by atoms with van der Waals surface area (Å²) in [6.07, 6.45) is 1.08. The van der Waals surface area contributed by atoms with Crippen LogP contribution in [-0.2, 0) is 9.63 Å². The average molecular weight is 191 g/mol.